The minimum atomic E-state index is -0.954. The van der Waals surface area contributed by atoms with Gasteiger partial charge in [0.15, 0.2) is 6.29 Å². The summed E-state index contributed by atoms with van der Waals surface area (Å²) < 4.78 is 0. The molecule has 0 radical (unpaired) electrons. The first-order valence-corrected chi connectivity index (χ1v) is 8.07. The number of carbonyl (C=O) groups excluding carboxylic acids is 1. The molecule has 0 spiro atoms. The number of hydrogen-bond acceptors (Lipinski definition) is 3. The lowest BCUT2D eigenvalue weighted by molar-refractivity contribution is -0.201. The fraction of sp³-hybridized carbons (Fsp3) is 0.250. The lowest BCUT2D eigenvalue weighted by Gasteiger charge is -2.29. The summed E-state index contributed by atoms with van der Waals surface area (Å²) in [5.41, 5.74) is 0.0556. The molecule has 4 heteroatoms. The summed E-state index contributed by atoms with van der Waals surface area (Å²) in [5.74, 6) is -0.218. The van der Waals surface area contributed by atoms with Gasteiger partial charge in [-0.15, -0.1) is 0 Å². The maximum atomic E-state index is 13.3. The van der Waals surface area contributed by atoms with E-state index in [1.165, 1.54) is 5.06 Å². The molecule has 1 fully saturated rings. The lowest BCUT2D eigenvalue weighted by atomic mass is 9.94. The van der Waals surface area contributed by atoms with Gasteiger partial charge < -0.3 is 5.11 Å². The Morgan fingerprint density at radius 2 is 1.62 bits per heavy atom. The Morgan fingerprint density at radius 3 is 2.12 bits per heavy atom. The number of nitrogens with zero attached hydrogens (tertiary/aromatic N) is 1. The molecule has 4 nitrogen and oxygen atoms in total. The van der Waals surface area contributed by atoms with Gasteiger partial charge in [0, 0.05) is 6.42 Å². The number of aliphatic hydroxyl groups is 1. The number of benzene rings is 3. The molecule has 1 N–H and O–H groups in total. The van der Waals surface area contributed by atoms with Crippen molar-refractivity contribution in [3.63, 3.8) is 0 Å². The molecule has 1 amide bonds. The number of fused-ring (bicyclic) bond motifs is 2. The van der Waals surface area contributed by atoms with Gasteiger partial charge in [0.05, 0.1) is 11.1 Å². The number of hydroxylamine groups is 2. The summed E-state index contributed by atoms with van der Waals surface area (Å²) in [7, 11) is 0. The maximum Gasteiger partial charge on any atom is 0.279 e. The van der Waals surface area contributed by atoms with Gasteiger partial charge in [0.2, 0.25) is 0 Å². The molecule has 24 heavy (non-hydrogen) atoms. The molecule has 1 aliphatic heterocycles. The van der Waals surface area contributed by atoms with Gasteiger partial charge in [-0.25, -0.2) is 9.90 Å². The highest BCUT2D eigenvalue weighted by atomic mass is 16.8. The average Bonchev–Trinajstić information content (AvgIpc) is 2.84. The second-order valence-corrected chi connectivity index (χ2v) is 6.87. The molecule has 4 rings (SSSR count). The van der Waals surface area contributed by atoms with Gasteiger partial charge in [-0.3, -0.25) is 4.79 Å². The third-order valence-electron chi connectivity index (χ3n) is 4.62. The van der Waals surface area contributed by atoms with Crippen molar-refractivity contribution < 1.29 is 14.7 Å². The van der Waals surface area contributed by atoms with Crippen molar-refractivity contribution in [2.45, 2.75) is 32.1 Å². The Labute approximate surface area is 140 Å². The SMILES string of the molecule is CC1(C)CC(O)ON1C(=O)c1c2ccccc2cc2ccccc12. The zero-order valence-corrected chi connectivity index (χ0v) is 13.7. The standard InChI is InChI=1S/C20H19NO3/c1-20(2)12-17(22)24-21(20)19(23)18-15-9-5-3-7-13(15)11-14-8-4-6-10-16(14)18/h3-11,17,22H,12H2,1-2H3. The first-order chi connectivity index (χ1) is 11.5. The van der Waals surface area contributed by atoms with E-state index in [2.05, 4.69) is 6.07 Å². The molecule has 1 atom stereocenters. The summed E-state index contributed by atoms with van der Waals surface area (Å²) >= 11 is 0. The summed E-state index contributed by atoms with van der Waals surface area (Å²) in [6, 6.07) is 17.8. The van der Waals surface area contributed by atoms with Crippen LogP contribution in [-0.4, -0.2) is 27.9 Å². The van der Waals surface area contributed by atoms with Crippen molar-refractivity contribution >= 4 is 27.5 Å². The first kappa shape index (κ1) is 15.1. The Hall–Kier alpha value is -2.43. The van der Waals surface area contributed by atoms with E-state index in [-0.39, 0.29) is 5.91 Å². The molecule has 3 aromatic rings. The summed E-state index contributed by atoms with van der Waals surface area (Å²) in [5, 5.41) is 15.0. The van der Waals surface area contributed by atoms with Gasteiger partial charge >= 0.3 is 0 Å². The van der Waals surface area contributed by atoms with E-state index in [1.54, 1.807) is 0 Å². The topological polar surface area (TPSA) is 49.8 Å². The number of aliphatic hydroxyl groups excluding tert-OH is 1. The predicted molar refractivity (Wildman–Crippen MR) is 93.4 cm³/mol. The van der Waals surface area contributed by atoms with Crippen molar-refractivity contribution in [1.29, 1.82) is 0 Å². The Kier molecular flexibility index (Phi) is 3.34. The Morgan fingerprint density at radius 1 is 1.08 bits per heavy atom. The number of hydrogen-bond donors (Lipinski definition) is 1. The van der Waals surface area contributed by atoms with Crippen LogP contribution in [0, 0.1) is 0 Å². The first-order valence-electron chi connectivity index (χ1n) is 8.07. The highest BCUT2D eigenvalue weighted by Gasteiger charge is 2.43. The molecule has 122 valence electrons. The zero-order valence-electron chi connectivity index (χ0n) is 13.7. The normalized spacial score (nSPS) is 20.0. The molecule has 1 heterocycles. The minimum Gasteiger partial charge on any atom is -0.366 e. The molecule has 1 saturated heterocycles. The fourth-order valence-electron chi connectivity index (χ4n) is 3.48. The van der Waals surface area contributed by atoms with Gasteiger partial charge in [0.1, 0.15) is 0 Å². The quantitative estimate of drug-likeness (QED) is 0.692. The zero-order chi connectivity index (χ0) is 16.9. The van der Waals surface area contributed by atoms with Crippen LogP contribution >= 0.6 is 0 Å². The third kappa shape index (κ3) is 2.27. The van der Waals surface area contributed by atoms with Crippen LogP contribution in [0.5, 0.6) is 0 Å². The summed E-state index contributed by atoms with van der Waals surface area (Å²) in [6.07, 6.45) is -0.563. The van der Waals surface area contributed by atoms with Gasteiger partial charge in [-0.2, -0.15) is 0 Å². The molecule has 1 aliphatic rings. The van der Waals surface area contributed by atoms with Crippen LogP contribution in [0.3, 0.4) is 0 Å². The second kappa shape index (κ2) is 5.30. The van der Waals surface area contributed by atoms with Crippen LogP contribution < -0.4 is 0 Å². The van der Waals surface area contributed by atoms with Crippen molar-refractivity contribution in [2.75, 3.05) is 0 Å². The summed E-state index contributed by atoms with van der Waals surface area (Å²) in [6.45, 7) is 3.79. The van der Waals surface area contributed by atoms with Gasteiger partial charge in [0.25, 0.3) is 5.91 Å². The van der Waals surface area contributed by atoms with E-state index in [9.17, 15) is 9.90 Å². The molecule has 0 aliphatic carbocycles. The predicted octanol–water partition coefficient (Wildman–Crippen LogP) is 3.87. The third-order valence-corrected chi connectivity index (χ3v) is 4.62. The van der Waals surface area contributed by atoms with E-state index in [0.717, 1.165) is 21.5 Å². The van der Waals surface area contributed by atoms with E-state index < -0.39 is 11.8 Å². The highest BCUT2D eigenvalue weighted by molar-refractivity contribution is 6.18. The smallest absolute Gasteiger partial charge is 0.279 e. The van der Waals surface area contributed by atoms with Crippen LogP contribution in [0.1, 0.15) is 30.6 Å². The average molecular weight is 321 g/mol. The van der Waals surface area contributed by atoms with Gasteiger partial charge in [-0.1, -0.05) is 48.5 Å². The van der Waals surface area contributed by atoms with Crippen molar-refractivity contribution in [2.24, 2.45) is 0 Å². The van der Waals surface area contributed by atoms with Crippen molar-refractivity contribution in [3.05, 3.63) is 60.2 Å². The molecular formula is C20H19NO3. The van der Waals surface area contributed by atoms with E-state index in [0.29, 0.717) is 12.0 Å². The van der Waals surface area contributed by atoms with E-state index >= 15 is 0 Å². The molecule has 0 aromatic heterocycles. The molecule has 0 bridgehead atoms. The largest absolute Gasteiger partial charge is 0.366 e. The lowest BCUT2D eigenvalue weighted by Crippen LogP contribution is -2.41. The van der Waals surface area contributed by atoms with Crippen LogP contribution in [0.25, 0.3) is 21.5 Å². The fourth-order valence-corrected chi connectivity index (χ4v) is 3.48. The van der Waals surface area contributed by atoms with Gasteiger partial charge in [-0.05, 0) is 41.5 Å². The highest BCUT2D eigenvalue weighted by Crippen LogP contribution is 2.35. The minimum absolute atomic E-state index is 0.218. The van der Waals surface area contributed by atoms with Crippen LogP contribution in [0.4, 0.5) is 0 Å². The number of carbonyl (C=O) groups is 1. The maximum absolute atomic E-state index is 13.3. The van der Waals surface area contributed by atoms with Crippen molar-refractivity contribution in [3.8, 4) is 0 Å². The van der Waals surface area contributed by atoms with Crippen LogP contribution in [-0.2, 0) is 4.84 Å². The molecule has 3 aromatic carbocycles. The monoisotopic (exact) mass is 321 g/mol. The molecular weight excluding hydrogens is 302 g/mol. The Balaban J connectivity index is 1.98. The van der Waals surface area contributed by atoms with E-state index in [4.69, 9.17) is 4.84 Å². The molecule has 0 saturated carbocycles. The van der Waals surface area contributed by atoms with Crippen LogP contribution in [0.2, 0.25) is 0 Å². The van der Waals surface area contributed by atoms with Crippen molar-refractivity contribution in [1.82, 2.24) is 5.06 Å². The summed E-state index contributed by atoms with van der Waals surface area (Å²) in [4.78, 5) is 18.8. The van der Waals surface area contributed by atoms with E-state index in [1.807, 2.05) is 62.4 Å². The number of amides is 1. The van der Waals surface area contributed by atoms with Crippen LogP contribution in [0.15, 0.2) is 54.6 Å². The second-order valence-electron chi connectivity index (χ2n) is 6.87. The molecule has 1 unspecified atom stereocenters. The number of rotatable bonds is 1. The Bertz CT molecular complexity index is 894.